The molecule has 0 radical (unpaired) electrons. The molecule has 0 unspecified atom stereocenters. The molecule has 5 nitrogen and oxygen atoms in total. The van der Waals surface area contributed by atoms with Crippen molar-refractivity contribution in [2.45, 2.75) is 33.1 Å². The van der Waals surface area contributed by atoms with Gasteiger partial charge in [0.15, 0.2) is 0 Å². The fraction of sp³-hybridized carbons (Fsp3) is 0.857. The summed E-state index contributed by atoms with van der Waals surface area (Å²) in [6, 6.07) is 0. The number of piperidine rings is 1. The molecule has 0 spiro atoms. The third kappa shape index (κ3) is 6.05. The molecule has 5 heteroatoms. The number of amides is 1. The Labute approximate surface area is 115 Å². The standard InChI is InChI=1S/C14H26N2O3/c1-11(2)4-7-15-13(17)10-16-8-5-12(6-9-16)14(18)19-3/h11-12H,4-10H2,1-3H3,(H,15,17). The molecule has 19 heavy (non-hydrogen) atoms. The number of esters is 1. The highest BCUT2D eigenvalue weighted by molar-refractivity contribution is 5.78. The van der Waals surface area contributed by atoms with Crippen LogP contribution in [0.25, 0.3) is 0 Å². The lowest BCUT2D eigenvalue weighted by Crippen LogP contribution is -2.43. The number of nitrogens with one attached hydrogen (secondary N) is 1. The normalized spacial score (nSPS) is 17.5. The SMILES string of the molecule is COC(=O)C1CCN(CC(=O)NCCC(C)C)CC1. The van der Waals surface area contributed by atoms with Gasteiger partial charge in [-0.25, -0.2) is 0 Å². The summed E-state index contributed by atoms with van der Waals surface area (Å²) in [5.74, 6) is 0.569. The predicted molar refractivity (Wildman–Crippen MR) is 73.6 cm³/mol. The lowest BCUT2D eigenvalue weighted by Gasteiger charge is -2.29. The Morgan fingerprint density at radius 2 is 1.95 bits per heavy atom. The third-order valence-electron chi connectivity index (χ3n) is 3.53. The van der Waals surface area contributed by atoms with Gasteiger partial charge in [-0.15, -0.1) is 0 Å². The van der Waals surface area contributed by atoms with Gasteiger partial charge in [0.25, 0.3) is 0 Å². The Balaban J connectivity index is 2.18. The van der Waals surface area contributed by atoms with Gasteiger partial charge in [0, 0.05) is 6.54 Å². The number of hydrogen-bond acceptors (Lipinski definition) is 4. The van der Waals surface area contributed by atoms with Gasteiger partial charge < -0.3 is 10.1 Å². The number of carbonyl (C=O) groups excluding carboxylic acids is 2. The van der Waals surface area contributed by atoms with E-state index < -0.39 is 0 Å². The first-order valence-electron chi connectivity index (χ1n) is 7.09. The Kier molecular flexibility index (Phi) is 6.84. The zero-order chi connectivity index (χ0) is 14.3. The van der Waals surface area contributed by atoms with E-state index in [1.54, 1.807) is 0 Å². The summed E-state index contributed by atoms with van der Waals surface area (Å²) in [4.78, 5) is 25.2. The van der Waals surface area contributed by atoms with Gasteiger partial charge in [0.2, 0.25) is 5.91 Å². The summed E-state index contributed by atoms with van der Waals surface area (Å²) in [6.45, 7) is 7.04. The van der Waals surface area contributed by atoms with Crippen LogP contribution in [0.2, 0.25) is 0 Å². The van der Waals surface area contributed by atoms with Gasteiger partial charge in [0.1, 0.15) is 0 Å². The smallest absolute Gasteiger partial charge is 0.308 e. The lowest BCUT2D eigenvalue weighted by atomic mass is 9.97. The van der Waals surface area contributed by atoms with E-state index in [2.05, 4.69) is 24.1 Å². The fourth-order valence-corrected chi connectivity index (χ4v) is 2.25. The van der Waals surface area contributed by atoms with Crippen LogP contribution < -0.4 is 5.32 Å². The van der Waals surface area contributed by atoms with Crippen molar-refractivity contribution in [1.29, 1.82) is 0 Å². The van der Waals surface area contributed by atoms with Crippen molar-refractivity contribution in [3.8, 4) is 0 Å². The van der Waals surface area contributed by atoms with Crippen LogP contribution in [0.15, 0.2) is 0 Å². The van der Waals surface area contributed by atoms with E-state index in [4.69, 9.17) is 4.74 Å². The van der Waals surface area contributed by atoms with Crippen LogP contribution in [0, 0.1) is 11.8 Å². The van der Waals surface area contributed by atoms with E-state index in [-0.39, 0.29) is 17.8 Å². The number of ether oxygens (including phenoxy) is 1. The number of nitrogens with zero attached hydrogens (tertiary/aromatic N) is 1. The second-order valence-corrected chi connectivity index (χ2v) is 5.61. The quantitative estimate of drug-likeness (QED) is 0.733. The van der Waals surface area contributed by atoms with Crippen molar-refractivity contribution in [1.82, 2.24) is 10.2 Å². The summed E-state index contributed by atoms with van der Waals surface area (Å²) in [7, 11) is 1.43. The van der Waals surface area contributed by atoms with E-state index in [0.717, 1.165) is 38.9 Å². The van der Waals surface area contributed by atoms with Crippen LogP contribution in [0.1, 0.15) is 33.1 Å². The van der Waals surface area contributed by atoms with Crippen molar-refractivity contribution in [3.05, 3.63) is 0 Å². The zero-order valence-electron chi connectivity index (χ0n) is 12.3. The van der Waals surface area contributed by atoms with E-state index in [1.807, 2.05) is 0 Å². The van der Waals surface area contributed by atoms with Crippen LogP contribution in [0.4, 0.5) is 0 Å². The second-order valence-electron chi connectivity index (χ2n) is 5.61. The van der Waals surface area contributed by atoms with Crippen molar-refractivity contribution < 1.29 is 14.3 Å². The third-order valence-corrected chi connectivity index (χ3v) is 3.53. The molecule has 110 valence electrons. The molecule has 1 rings (SSSR count). The van der Waals surface area contributed by atoms with Crippen LogP contribution in [-0.2, 0) is 14.3 Å². The van der Waals surface area contributed by atoms with Gasteiger partial charge in [-0.1, -0.05) is 13.8 Å². The van der Waals surface area contributed by atoms with E-state index >= 15 is 0 Å². The first kappa shape index (κ1) is 16.0. The van der Waals surface area contributed by atoms with Crippen molar-refractivity contribution in [2.75, 3.05) is 33.3 Å². The minimum absolute atomic E-state index is 0.00486. The summed E-state index contributed by atoms with van der Waals surface area (Å²) >= 11 is 0. The molecule has 1 N–H and O–H groups in total. The minimum Gasteiger partial charge on any atom is -0.469 e. The van der Waals surface area contributed by atoms with Crippen molar-refractivity contribution in [2.24, 2.45) is 11.8 Å². The molecule has 0 atom stereocenters. The van der Waals surface area contributed by atoms with Crippen molar-refractivity contribution >= 4 is 11.9 Å². The molecule has 0 bridgehead atoms. The molecule has 1 aliphatic heterocycles. The predicted octanol–water partition coefficient (Wildman–Crippen LogP) is 1.03. The Morgan fingerprint density at radius 1 is 1.32 bits per heavy atom. The molecule has 1 heterocycles. The maximum Gasteiger partial charge on any atom is 0.308 e. The summed E-state index contributed by atoms with van der Waals surface area (Å²) in [5, 5.41) is 2.93. The minimum atomic E-state index is -0.124. The Morgan fingerprint density at radius 3 is 2.47 bits per heavy atom. The Bertz CT molecular complexity index is 297. The molecule has 1 aliphatic rings. The molecule has 0 aromatic rings. The van der Waals surface area contributed by atoms with Gasteiger partial charge in [-0.05, 0) is 38.3 Å². The van der Waals surface area contributed by atoms with Gasteiger partial charge in [0.05, 0.1) is 19.6 Å². The molecule has 1 amide bonds. The summed E-state index contributed by atoms with van der Waals surface area (Å²) in [6.07, 6.45) is 2.58. The maximum atomic E-state index is 11.7. The van der Waals surface area contributed by atoms with Gasteiger partial charge in [-0.2, -0.15) is 0 Å². The van der Waals surface area contributed by atoms with E-state index in [0.29, 0.717) is 12.5 Å². The molecular formula is C14H26N2O3. The number of rotatable bonds is 6. The number of likely N-dealkylation sites (tertiary alicyclic amines) is 1. The monoisotopic (exact) mass is 270 g/mol. The van der Waals surface area contributed by atoms with Crippen molar-refractivity contribution in [3.63, 3.8) is 0 Å². The maximum absolute atomic E-state index is 11.7. The highest BCUT2D eigenvalue weighted by atomic mass is 16.5. The zero-order valence-corrected chi connectivity index (χ0v) is 12.3. The summed E-state index contributed by atoms with van der Waals surface area (Å²) in [5.41, 5.74) is 0. The molecule has 1 saturated heterocycles. The van der Waals surface area contributed by atoms with Gasteiger partial charge >= 0.3 is 5.97 Å². The molecule has 0 aromatic carbocycles. The van der Waals surface area contributed by atoms with E-state index in [1.165, 1.54) is 7.11 Å². The second kappa shape index (κ2) is 8.15. The first-order chi connectivity index (χ1) is 9.02. The molecule has 0 aromatic heterocycles. The van der Waals surface area contributed by atoms with Gasteiger partial charge in [-0.3, -0.25) is 14.5 Å². The summed E-state index contributed by atoms with van der Waals surface area (Å²) < 4.78 is 4.74. The average molecular weight is 270 g/mol. The molecule has 0 saturated carbocycles. The molecule has 1 fully saturated rings. The van der Waals surface area contributed by atoms with Crippen LogP contribution in [0.5, 0.6) is 0 Å². The molecule has 0 aliphatic carbocycles. The topological polar surface area (TPSA) is 58.6 Å². The highest BCUT2D eigenvalue weighted by Gasteiger charge is 2.26. The van der Waals surface area contributed by atoms with Crippen LogP contribution >= 0.6 is 0 Å². The average Bonchev–Trinajstić information content (AvgIpc) is 2.38. The largest absolute Gasteiger partial charge is 0.469 e. The van der Waals surface area contributed by atoms with Crippen LogP contribution in [0.3, 0.4) is 0 Å². The highest BCUT2D eigenvalue weighted by Crippen LogP contribution is 2.17. The number of carbonyl (C=O) groups is 2. The van der Waals surface area contributed by atoms with Crippen LogP contribution in [-0.4, -0.2) is 50.1 Å². The molecular weight excluding hydrogens is 244 g/mol. The Hall–Kier alpha value is -1.10. The number of methoxy groups -OCH3 is 1. The fourth-order valence-electron chi connectivity index (χ4n) is 2.25. The number of hydrogen-bond donors (Lipinski definition) is 1. The van der Waals surface area contributed by atoms with E-state index in [9.17, 15) is 9.59 Å². The lowest BCUT2D eigenvalue weighted by molar-refractivity contribution is -0.147. The first-order valence-corrected chi connectivity index (χ1v) is 7.09.